The molecule has 0 radical (unpaired) electrons. The molecule has 1 rings (SSSR count). The maximum atomic E-state index is 13.5. The highest BCUT2D eigenvalue weighted by Crippen LogP contribution is 2.32. The number of aliphatic hydroxyl groups excluding tert-OH is 2. The molecule has 2 atom stereocenters. The maximum Gasteiger partial charge on any atom is 0.137 e. The molecule has 0 bridgehead atoms. The van der Waals surface area contributed by atoms with Gasteiger partial charge in [0.15, 0.2) is 0 Å². The summed E-state index contributed by atoms with van der Waals surface area (Å²) in [6.45, 7) is 3.39. The predicted molar refractivity (Wildman–Crippen MR) is 59.4 cm³/mol. The van der Waals surface area contributed by atoms with Crippen LogP contribution in [-0.4, -0.2) is 22.1 Å². The van der Waals surface area contributed by atoms with Crippen molar-refractivity contribution < 1.29 is 14.6 Å². The fraction of sp³-hybridized carbons (Fsp3) is 0.455. The van der Waals surface area contributed by atoms with Gasteiger partial charge < -0.3 is 10.2 Å². The zero-order valence-electron chi connectivity index (χ0n) is 8.77. The summed E-state index contributed by atoms with van der Waals surface area (Å²) in [6.07, 6.45) is -0.700. The second-order valence-corrected chi connectivity index (χ2v) is 4.89. The second kappa shape index (κ2) is 5.49. The van der Waals surface area contributed by atoms with Gasteiger partial charge in [-0.1, -0.05) is 19.1 Å². The van der Waals surface area contributed by atoms with Crippen molar-refractivity contribution >= 4 is 11.8 Å². The third-order valence-electron chi connectivity index (χ3n) is 2.02. The molecule has 0 heterocycles. The van der Waals surface area contributed by atoms with E-state index >= 15 is 0 Å². The van der Waals surface area contributed by atoms with E-state index in [0.717, 1.165) is 0 Å². The average molecular weight is 230 g/mol. The minimum Gasteiger partial charge on any atom is -0.395 e. The monoisotopic (exact) mass is 230 g/mol. The summed E-state index contributed by atoms with van der Waals surface area (Å²) in [4.78, 5) is 0.425. The lowest BCUT2D eigenvalue weighted by atomic mass is 10.1. The van der Waals surface area contributed by atoms with Gasteiger partial charge in [0, 0.05) is 10.1 Å². The number of benzene rings is 1. The van der Waals surface area contributed by atoms with E-state index in [1.165, 1.54) is 17.8 Å². The average Bonchev–Trinajstić information content (AvgIpc) is 2.20. The van der Waals surface area contributed by atoms with Crippen LogP contribution < -0.4 is 0 Å². The van der Waals surface area contributed by atoms with Crippen LogP contribution in [0.5, 0.6) is 0 Å². The van der Waals surface area contributed by atoms with E-state index in [-0.39, 0.29) is 17.7 Å². The van der Waals surface area contributed by atoms with Crippen LogP contribution in [0.4, 0.5) is 4.39 Å². The molecule has 2 nitrogen and oxygen atoms in total. The smallest absolute Gasteiger partial charge is 0.137 e. The van der Waals surface area contributed by atoms with Crippen LogP contribution >= 0.6 is 11.8 Å². The highest BCUT2D eigenvalue weighted by atomic mass is 32.2. The first-order valence-electron chi connectivity index (χ1n) is 4.80. The summed E-state index contributed by atoms with van der Waals surface area (Å²) in [6, 6.07) is 4.63. The molecule has 0 aliphatic rings. The van der Waals surface area contributed by atoms with Crippen LogP contribution in [-0.2, 0) is 0 Å². The topological polar surface area (TPSA) is 40.5 Å². The zero-order chi connectivity index (χ0) is 11.4. The van der Waals surface area contributed by atoms with E-state index in [1.807, 2.05) is 6.92 Å². The molecule has 4 heteroatoms. The molecule has 0 saturated carbocycles. The summed E-state index contributed by atoms with van der Waals surface area (Å²) >= 11 is 1.24. The first-order valence-corrected chi connectivity index (χ1v) is 5.68. The van der Waals surface area contributed by atoms with Crippen molar-refractivity contribution in [3.05, 3.63) is 29.6 Å². The molecule has 0 saturated heterocycles. The van der Waals surface area contributed by atoms with Gasteiger partial charge in [-0.25, -0.2) is 4.39 Å². The molecule has 84 valence electrons. The van der Waals surface area contributed by atoms with Gasteiger partial charge in [-0.3, -0.25) is 0 Å². The molecule has 0 aliphatic carbocycles. The van der Waals surface area contributed by atoms with Crippen LogP contribution in [0.3, 0.4) is 0 Å². The Morgan fingerprint density at radius 3 is 2.60 bits per heavy atom. The van der Waals surface area contributed by atoms with Crippen LogP contribution in [0.15, 0.2) is 23.1 Å². The zero-order valence-corrected chi connectivity index (χ0v) is 9.59. The maximum absolute atomic E-state index is 13.5. The standard InChI is InChI=1S/C11H15FO2S/c1-7(6-13)15-11-9(8(2)14)4-3-5-10(11)12/h3-5,7-8,13-14H,6H2,1-2H3/t7?,8-/m1/s1. The molecular formula is C11H15FO2S. The predicted octanol–water partition coefficient (Wildman–Crippen LogP) is 2.35. The van der Waals surface area contributed by atoms with Gasteiger partial charge in [-0.15, -0.1) is 11.8 Å². The Morgan fingerprint density at radius 1 is 1.40 bits per heavy atom. The Kier molecular flexibility index (Phi) is 4.57. The number of thioether (sulfide) groups is 1. The Bertz CT molecular complexity index is 328. The lowest BCUT2D eigenvalue weighted by molar-refractivity contribution is 0.195. The Labute approximate surface area is 93.1 Å². The first-order chi connectivity index (χ1) is 7.06. The fourth-order valence-corrected chi connectivity index (χ4v) is 2.25. The van der Waals surface area contributed by atoms with Crippen molar-refractivity contribution in [3.63, 3.8) is 0 Å². The van der Waals surface area contributed by atoms with Gasteiger partial charge in [0.2, 0.25) is 0 Å². The van der Waals surface area contributed by atoms with Crippen LogP contribution in [0.2, 0.25) is 0 Å². The molecule has 15 heavy (non-hydrogen) atoms. The number of rotatable bonds is 4. The van der Waals surface area contributed by atoms with E-state index in [1.54, 1.807) is 19.1 Å². The first kappa shape index (κ1) is 12.5. The second-order valence-electron chi connectivity index (χ2n) is 3.45. The normalized spacial score (nSPS) is 15.0. The Balaban J connectivity index is 3.02. The van der Waals surface area contributed by atoms with Gasteiger partial charge in [0.1, 0.15) is 5.82 Å². The minimum atomic E-state index is -0.700. The van der Waals surface area contributed by atoms with E-state index in [9.17, 15) is 9.50 Å². The molecule has 0 amide bonds. The number of aliphatic hydroxyl groups is 2. The number of halogens is 1. The lowest BCUT2D eigenvalue weighted by Crippen LogP contribution is -2.05. The summed E-state index contributed by atoms with van der Waals surface area (Å²) in [7, 11) is 0. The van der Waals surface area contributed by atoms with Crippen molar-refractivity contribution in [2.45, 2.75) is 30.1 Å². The molecule has 0 aliphatic heterocycles. The quantitative estimate of drug-likeness (QED) is 0.780. The highest BCUT2D eigenvalue weighted by Gasteiger charge is 2.15. The number of hydrogen-bond acceptors (Lipinski definition) is 3. The Hall–Kier alpha value is -0.580. The summed E-state index contributed by atoms with van der Waals surface area (Å²) in [5.74, 6) is -0.348. The molecule has 0 fully saturated rings. The van der Waals surface area contributed by atoms with Crippen LogP contribution in [0.25, 0.3) is 0 Å². The largest absolute Gasteiger partial charge is 0.395 e. The Morgan fingerprint density at radius 2 is 2.07 bits per heavy atom. The van der Waals surface area contributed by atoms with Gasteiger partial charge in [-0.05, 0) is 18.6 Å². The van der Waals surface area contributed by atoms with E-state index in [4.69, 9.17) is 5.11 Å². The van der Waals surface area contributed by atoms with Gasteiger partial charge >= 0.3 is 0 Å². The van der Waals surface area contributed by atoms with E-state index in [2.05, 4.69) is 0 Å². The van der Waals surface area contributed by atoms with E-state index < -0.39 is 6.10 Å². The summed E-state index contributed by atoms with van der Waals surface area (Å²) < 4.78 is 13.5. The van der Waals surface area contributed by atoms with Crippen molar-refractivity contribution in [1.29, 1.82) is 0 Å². The minimum absolute atomic E-state index is 0.0156. The molecular weight excluding hydrogens is 215 g/mol. The number of hydrogen-bond donors (Lipinski definition) is 2. The lowest BCUT2D eigenvalue weighted by Gasteiger charge is -2.15. The molecule has 2 N–H and O–H groups in total. The highest BCUT2D eigenvalue weighted by molar-refractivity contribution is 8.00. The molecule has 0 spiro atoms. The van der Waals surface area contributed by atoms with Crippen molar-refractivity contribution in [3.8, 4) is 0 Å². The third kappa shape index (κ3) is 3.19. The van der Waals surface area contributed by atoms with Gasteiger partial charge in [0.25, 0.3) is 0 Å². The summed E-state index contributed by atoms with van der Waals surface area (Å²) in [5.41, 5.74) is 0.570. The van der Waals surface area contributed by atoms with Gasteiger partial charge in [0.05, 0.1) is 12.7 Å². The molecule has 1 unspecified atom stereocenters. The van der Waals surface area contributed by atoms with Gasteiger partial charge in [-0.2, -0.15) is 0 Å². The van der Waals surface area contributed by atoms with Crippen molar-refractivity contribution in [1.82, 2.24) is 0 Å². The third-order valence-corrected chi connectivity index (χ3v) is 3.24. The molecule has 1 aromatic rings. The molecule has 1 aromatic carbocycles. The van der Waals surface area contributed by atoms with Crippen molar-refractivity contribution in [2.75, 3.05) is 6.61 Å². The fourth-order valence-electron chi connectivity index (χ4n) is 1.22. The van der Waals surface area contributed by atoms with Crippen LogP contribution in [0.1, 0.15) is 25.5 Å². The van der Waals surface area contributed by atoms with Crippen LogP contribution in [0, 0.1) is 5.82 Å². The van der Waals surface area contributed by atoms with E-state index in [0.29, 0.717) is 10.5 Å². The molecule has 0 aromatic heterocycles. The summed E-state index contributed by atoms with van der Waals surface area (Å²) in [5, 5.41) is 18.3. The van der Waals surface area contributed by atoms with Crippen molar-refractivity contribution in [2.24, 2.45) is 0 Å². The SMILES string of the molecule is CC(CO)Sc1c(F)cccc1[C@@H](C)O.